The number of halogens is 3. The van der Waals surface area contributed by atoms with Crippen LogP contribution in [-0.2, 0) is 12.0 Å². The van der Waals surface area contributed by atoms with E-state index in [-0.39, 0.29) is 42.8 Å². The number of piperazine rings is 1. The second-order valence-corrected chi connectivity index (χ2v) is 7.60. The summed E-state index contributed by atoms with van der Waals surface area (Å²) in [4.78, 5) is 11.2. The summed E-state index contributed by atoms with van der Waals surface area (Å²) in [7, 11) is 0. The number of aromatic amines is 1. The van der Waals surface area contributed by atoms with Crippen molar-refractivity contribution in [3.63, 3.8) is 0 Å². The molecule has 0 saturated carbocycles. The van der Waals surface area contributed by atoms with Crippen molar-refractivity contribution in [2.75, 3.05) is 26.2 Å². The first-order valence-electron chi connectivity index (χ1n) is 9.79. The molecule has 4 rings (SSSR count). The molecule has 1 saturated heterocycles. The number of nitrogens with one attached hydrogen (secondary N) is 2. The Morgan fingerprint density at radius 3 is 2.07 bits per heavy atom. The minimum atomic E-state index is -0.142. The quantitative estimate of drug-likeness (QED) is 0.552. The minimum absolute atomic E-state index is 0. The summed E-state index contributed by atoms with van der Waals surface area (Å²) in [6.07, 6.45) is 0.952. The van der Waals surface area contributed by atoms with Crippen molar-refractivity contribution in [1.29, 1.82) is 0 Å². The molecule has 3 aromatic rings. The van der Waals surface area contributed by atoms with E-state index in [4.69, 9.17) is 4.98 Å². The van der Waals surface area contributed by atoms with Crippen molar-refractivity contribution in [2.45, 2.75) is 25.8 Å². The first-order valence-corrected chi connectivity index (χ1v) is 9.79. The van der Waals surface area contributed by atoms with Crippen LogP contribution < -0.4 is 5.32 Å². The van der Waals surface area contributed by atoms with E-state index in [0.29, 0.717) is 0 Å². The third-order valence-electron chi connectivity index (χ3n) is 5.65. The first kappa shape index (κ1) is 26.5. The summed E-state index contributed by atoms with van der Waals surface area (Å²) in [6.45, 7) is 8.63. The Morgan fingerprint density at radius 2 is 1.47 bits per heavy atom. The van der Waals surface area contributed by atoms with Crippen LogP contribution in [0.3, 0.4) is 0 Å². The summed E-state index contributed by atoms with van der Waals surface area (Å²) in [5.41, 5.74) is 4.66. The van der Waals surface area contributed by atoms with E-state index in [0.717, 1.165) is 55.4 Å². The van der Waals surface area contributed by atoms with Crippen LogP contribution in [0.1, 0.15) is 23.9 Å². The lowest BCUT2D eigenvalue weighted by atomic mass is 9.86. The second kappa shape index (κ2) is 11.7. The number of hydrogen-bond acceptors (Lipinski definition) is 3. The number of nitrogens with zero attached hydrogens (tertiary/aromatic N) is 2. The Kier molecular flexibility index (Phi) is 10.4. The summed E-state index contributed by atoms with van der Waals surface area (Å²) < 4.78 is 0. The van der Waals surface area contributed by atoms with E-state index in [1.807, 2.05) is 6.07 Å². The van der Waals surface area contributed by atoms with Gasteiger partial charge in [-0.05, 0) is 25.8 Å². The molecular formula is C23H31Cl3N4. The Bertz CT molecular complexity index is 880. The SMILES string of the molecule is Cc1[nH]c(-c2ccccc2)nc1C(C)(Cc1ccccc1)N1CCNCC1.Cl.Cl.Cl. The van der Waals surface area contributed by atoms with Crippen molar-refractivity contribution in [3.8, 4) is 11.4 Å². The molecule has 1 atom stereocenters. The zero-order chi connectivity index (χ0) is 18.7. The summed E-state index contributed by atoms with van der Waals surface area (Å²) in [5, 5.41) is 3.48. The molecule has 0 bridgehead atoms. The highest BCUT2D eigenvalue weighted by Crippen LogP contribution is 2.34. The highest BCUT2D eigenvalue weighted by atomic mass is 35.5. The Balaban J connectivity index is 0.00000150. The molecule has 1 aliphatic heterocycles. The molecule has 2 aromatic carbocycles. The van der Waals surface area contributed by atoms with Gasteiger partial charge in [0, 0.05) is 37.4 Å². The molecule has 0 radical (unpaired) electrons. The second-order valence-electron chi connectivity index (χ2n) is 7.60. The fraction of sp³-hybridized carbons (Fsp3) is 0.348. The molecule has 164 valence electrons. The minimum Gasteiger partial charge on any atom is -0.342 e. The topological polar surface area (TPSA) is 44.0 Å². The van der Waals surface area contributed by atoms with Crippen molar-refractivity contribution in [3.05, 3.63) is 77.6 Å². The lowest BCUT2D eigenvalue weighted by Crippen LogP contribution is -2.54. The van der Waals surface area contributed by atoms with Crippen molar-refractivity contribution in [2.24, 2.45) is 0 Å². The van der Waals surface area contributed by atoms with Gasteiger partial charge in [0.25, 0.3) is 0 Å². The van der Waals surface area contributed by atoms with Gasteiger partial charge >= 0.3 is 0 Å². The molecule has 4 nitrogen and oxygen atoms in total. The average Bonchev–Trinajstić information content (AvgIpc) is 3.12. The molecular weight excluding hydrogens is 439 g/mol. The number of rotatable bonds is 5. The van der Waals surface area contributed by atoms with E-state index in [9.17, 15) is 0 Å². The van der Waals surface area contributed by atoms with Crippen LogP contribution in [0.25, 0.3) is 11.4 Å². The molecule has 2 heterocycles. The summed E-state index contributed by atoms with van der Waals surface area (Å²) >= 11 is 0. The Morgan fingerprint density at radius 1 is 0.900 bits per heavy atom. The van der Waals surface area contributed by atoms with Gasteiger partial charge in [-0.2, -0.15) is 0 Å². The monoisotopic (exact) mass is 468 g/mol. The molecule has 1 unspecified atom stereocenters. The van der Waals surface area contributed by atoms with E-state index in [1.54, 1.807) is 0 Å². The van der Waals surface area contributed by atoms with E-state index in [2.05, 4.69) is 83.6 Å². The first-order chi connectivity index (χ1) is 13.2. The van der Waals surface area contributed by atoms with Gasteiger partial charge in [0.1, 0.15) is 5.82 Å². The summed E-state index contributed by atoms with van der Waals surface area (Å²) in [5.74, 6) is 0.956. The molecule has 7 heteroatoms. The lowest BCUT2D eigenvalue weighted by molar-refractivity contribution is 0.0823. The zero-order valence-corrected chi connectivity index (χ0v) is 19.9. The van der Waals surface area contributed by atoms with Gasteiger partial charge in [-0.15, -0.1) is 37.2 Å². The highest BCUT2D eigenvalue weighted by molar-refractivity contribution is 5.86. The third kappa shape index (κ3) is 5.57. The van der Waals surface area contributed by atoms with Gasteiger partial charge in [-0.1, -0.05) is 60.7 Å². The average molecular weight is 470 g/mol. The Labute approximate surface area is 198 Å². The van der Waals surface area contributed by atoms with Gasteiger partial charge in [0.05, 0.1) is 11.2 Å². The van der Waals surface area contributed by atoms with Crippen molar-refractivity contribution >= 4 is 37.2 Å². The maximum absolute atomic E-state index is 5.11. The summed E-state index contributed by atoms with van der Waals surface area (Å²) in [6, 6.07) is 21.2. The van der Waals surface area contributed by atoms with Crippen molar-refractivity contribution < 1.29 is 0 Å². The predicted octanol–water partition coefficient (Wildman–Crippen LogP) is 5.01. The molecule has 1 aliphatic rings. The molecule has 0 amide bonds. The van der Waals surface area contributed by atoms with E-state index >= 15 is 0 Å². The van der Waals surface area contributed by atoms with Crippen LogP contribution in [-0.4, -0.2) is 41.0 Å². The van der Waals surface area contributed by atoms with Gasteiger partial charge in [0.15, 0.2) is 0 Å². The van der Waals surface area contributed by atoms with Crippen LogP contribution in [0.5, 0.6) is 0 Å². The van der Waals surface area contributed by atoms with Crippen LogP contribution >= 0.6 is 37.2 Å². The Hall–Kier alpha value is -1.56. The molecule has 1 fully saturated rings. The van der Waals surface area contributed by atoms with Crippen LogP contribution in [0.4, 0.5) is 0 Å². The van der Waals surface area contributed by atoms with Gasteiger partial charge in [-0.25, -0.2) is 4.98 Å². The fourth-order valence-corrected chi connectivity index (χ4v) is 4.21. The third-order valence-corrected chi connectivity index (χ3v) is 5.65. The largest absolute Gasteiger partial charge is 0.342 e. The number of hydrogen-bond donors (Lipinski definition) is 2. The number of aromatic nitrogens is 2. The van der Waals surface area contributed by atoms with E-state index < -0.39 is 0 Å². The number of benzene rings is 2. The smallest absolute Gasteiger partial charge is 0.137 e. The number of imidazole rings is 1. The highest BCUT2D eigenvalue weighted by Gasteiger charge is 2.38. The van der Waals surface area contributed by atoms with Gasteiger partial charge in [0.2, 0.25) is 0 Å². The van der Waals surface area contributed by atoms with Crippen molar-refractivity contribution in [1.82, 2.24) is 20.2 Å². The molecule has 2 N–H and O–H groups in total. The molecule has 1 aromatic heterocycles. The van der Waals surface area contributed by atoms with Crippen LogP contribution in [0.2, 0.25) is 0 Å². The molecule has 0 aliphatic carbocycles. The van der Waals surface area contributed by atoms with Crippen LogP contribution in [0.15, 0.2) is 60.7 Å². The number of aryl methyl sites for hydroxylation is 1. The standard InChI is InChI=1S/C23H28N4.3ClH/c1-18-21(26-22(25-18)20-11-7-4-8-12-20)23(2,27-15-13-24-14-16-27)17-19-9-5-3-6-10-19;;;/h3-12,24H,13-17H2,1-2H3,(H,25,26);3*1H. The van der Waals surface area contributed by atoms with Gasteiger partial charge < -0.3 is 10.3 Å². The van der Waals surface area contributed by atoms with Gasteiger partial charge in [-0.3, -0.25) is 4.90 Å². The van der Waals surface area contributed by atoms with Crippen LogP contribution in [0, 0.1) is 6.92 Å². The van der Waals surface area contributed by atoms with E-state index in [1.165, 1.54) is 5.56 Å². The normalized spacial score (nSPS) is 15.8. The zero-order valence-electron chi connectivity index (χ0n) is 17.4. The maximum atomic E-state index is 5.11. The number of H-pyrrole nitrogens is 1. The molecule has 0 spiro atoms. The predicted molar refractivity (Wildman–Crippen MR) is 132 cm³/mol. The fourth-order valence-electron chi connectivity index (χ4n) is 4.21. The molecule has 30 heavy (non-hydrogen) atoms. The maximum Gasteiger partial charge on any atom is 0.137 e. The lowest BCUT2D eigenvalue weighted by Gasteiger charge is -2.43.